The molecule has 0 fully saturated rings. The van der Waals surface area contributed by atoms with Crippen molar-refractivity contribution in [1.82, 2.24) is 19.8 Å². The number of anilines is 2. The fraction of sp³-hybridized carbons (Fsp3) is 0.269. The van der Waals surface area contributed by atoms with Gasteiger partial charge in [-0.05, 0) is 24.3 Å². The molecule has 12 nitrogen and oxygen atoms in total. The van der Waals surface area contributed by atoms with Crippen LogP contribution in [0, 0.1) is 5.21 Å². The van der Waals surface area contributed by atoms with Gasteiger partial charge in [-0.15, -0.1) is 0 Å². The highest BCUT2D eigenvalue weighted by molar-refractivity contribution is 6.03. The Labute approximate surface area is 219 Å². The van der Waals surface area contributed by atoms with Crippen molar-refractivity contribution in [3.05, 3.63) is 54.0 Å². The van der Waals surface area contributed by atoms with Crippen LogP contribution in [0.15, 0.2) is 48.8 Å². The molecule has 0 spiro atoms. The summed E-state index contributed by atoms with van der Waals surface area (Å²) in [5, 5.41) is 23.7. The molecule has 0 saturated carbocycles. The molecule has 12 heteroatoms. The Morgan fingerprint density at radius 2 is 1.63 bits per heavy atom. The van der Waals surface area contributed by atoms with Crippen LogP contribution >= 0.6 is 0 Å². The van der Waals surface area contributed by atoms with Crippen LogP contribution in [0.1, 0.15) is 0 Å². The molecule has 4 rings (SSSR count). The molecule has 0 amide bonds. The molecule has 200 valence electrons. The van der Waals surface area contributed by atoms with E-state index in [0.29, 0.717) is 47.0 Å². The lowest BCUT2D eigenvalue weighted by Crippen LogP contribution is -2.34. The van der Waals surface area contributed by atoms with Gasteiger partial charge in [0.05, 0.1) is 41.4 Å². The highest BCUT2D eigenvalue weighted by Crippen LogP contribution is 2.44. The molecular formula is C26H30N6O6. The topological polar surface area (TPSA) is 171 Å². The number of pyridine rings is 1. The summed E-state index contributed by atoms with van der Waals surface area (Å²) in [7, 11) is 4.22. The van der Waals surface area contributed by atoms with Gasteiger partial charge in [0, 0.05) is 49.7 Å². The highest BCUT2D eigenvalue weighted by Gasteiger charge is 2.27. The molecule has 2 heterocycles. The molecule has 2 aromatic carbocycles. The minimum absolute atomic E-state index is 0.0453. The first-order chi connectivity index (χ1) is 18.2. The third-order valence-corrected chi connectivity index (χ3v) is 5.71. The fourth-order valence-electron chi connectivity index (χ4n) is 3.87. The monoisotopic (exact) mass is 522 g/mol. The van der Waals surface area contributed by atoms with Crippen molar-refractivity contribution in [2.45, 2.75) is 0 Å². The standard InChI is InChI=1S/C26H30N6O6/c1-32(33,34)20-7-6-18(27)24(28)23(20)25-17-13-21(37-11-9-35-2)22(38-12-10-36-3)14-19(17)30-26(31-25)16-5-4-8-29-15-16/h4-8,13-15,33H,9-12,27-28H2,1-3H3. The normalized spacial score (nSPS) is 12.9. The summed E-state index contributed by atoms with van der Waals surface area (Å²) in [6.45, 7) is 1.25. The van der Waals surface area contributed by atoms with E-state index in [-0.39, 0.29) is 41.5 Å². The van der Waals surface area contributed by atoms with Gasteiger partial charge in [0.1, 0.15) is 20.3 Å². The van der Waals surface area contributed by atoms with E-state index in [1.54, 1.807) is 50.9 Å². The van der Waals surface area contributed by atoms with Crippen molar-refractivity contribution >= 4 is 28.0 Å². The molecule has 38 heavy (non-hydrogen) atoms. The maximum atomic E-state index is 12.8. The van der Waals surface area contributed by atoms with E-state index in [1.165, 1.54) is 12.1 Å². The Morgan fingerprint density at radius 1 is 0.947 bits per heavy atom. The molecule has 0 aliphatic rings. The number of hydroxylamine groups is 2. The van der Waals surface area contributed by atoms with Gasteiger partial charge in [0.2, 0.25) is 0 Å². The Hall–Kier alpha value is -4.07. The average Bonchev–Trinajstić information content (AvgIpc) is 2.90. The van der Waals surface area contributed by atoms with Crippen LogP contribution in [-0.4, -0.2) is 67.9 Å². The SMILES string of the molecule is COCCOc1cc2nc(-c3cccnc3)nc(-c3c([N+](C)([O-])O)ccc(N)c3N)c2cc1OCCOC. The molecule has 0 saturated heterocycles. The second-order valence-corrected chi connectivity index (χ2v) is 8.48. The van der Waals surface area contributed by atoms with Gasteiger partial charge in [-0.25, -0.2) is 15.2 Å². The highest BCUT2D eigenvalue weighted by atomic mass is 16.8. The summed E-state index contributed by atoms with van der Waals surface area (Å²) in [5.74, 6) is 1.15. The zero-order valence-corrected chi connectivity index (χ0v) is 21.4. The van der Waals surface area contributed by atoms with Crippen LogP contribution in [0.3, 0.4) is 0 Å². The third-order valence-electron chi connectivity index (χ3n) is 5.71. The molecular weight excluding hydrogens is 492 g/mol. The van der Waals surface area contributed by atoms with Crippen LogP contribution in [0.2, 0.25) is 0 Å². The van der Waals surface area contributed by atoms with Crippen LogP contribution in [-0.2, 0) is 9.47 Å². The summed E-state index contributed by atoms with van der Waals surface area (Å²) in [6, 6.07) is 9.86. The van der Waals surface area contributed by atoms with Crippen LogP contribution in [0.4, 0.5) is 17.1 Å². The largest absolute Gasteiger partial charge is 0.593 e. The zero-order chi connectivity index (χ0) is 27.3. The predicted octanol–water partition coefficient (Wildman–Crippen LogP) is 3.40. The third kappa shape index (κ3) is 5.74. The van der Waals surface area contributed by atoms with E-state index in [0.717, 1.165) is 7.05 Å². The van der Waals surface area contributed by atoms with Gasteiger partial charge in [-0.3, -0.25) is 4.98 Å². The summed E-state index contributed by atoms with van der Waals surface area (Å²) in [4.78, 5) is 11.9. The zero-order valence-electron chi connectivity index (χ0n) is 21.4. The molecule has 0 aliphatic carbocycles. The van der Waals surface area contributed by atoms with Gasteiger partial charge in [-0.2, -0.15) is 4.81 Å². The maximum absolute atomic E-state index is 12.8. The van der Waals surface area contributed by atoms with Gasteiger partial charge < -0.3 is 35.6 Å². The van der Waals surface area contributed by atoms with Crippen molar-refractivity contribution in [3.8, 4) is 34.1 Å². The quantitative estimate of drug-likeness (QED) is 0.114. The number of nitrogen functional groups attached to an aromatic ring is 2. The molecule has 0 radical (unpaired) electrons. The van der Waals surface area contributed by atoms with Gasteiger partial charge in [-0.1, -0.05) is 0 Å². The van der Waals surface area contributed by atoms with Crippen molar-refractivity contribution < 1.29 is 24.2 Å². The van der Waals surface area contributed by atoms with E-state index in [2.05, 4.69) is 4.98 Å². The number of rotatable bonds is 11. The van der Waals surface area contributed by atoms with Crippen molar-refractivity contribution in [1.29, 1.82) is 0 Å². The lowest BCUT2D eigenvalue weighted by molar-refractivity contribution is -0.00390. The predicted molar refractivity (Wildman–Crippen MR) is 145 cm³/mol. The summed E-state index contributed by atoms with van der Waals surface area (Å²) < 4.78 is 22.1. The summed E-state index contributed by atoms with van der Waals surface area (Å²) in [5.41, 5.74) is 14.4. The number of benzene rings is 2. The lowest BCUT2D eigenvalue weighted by Gasteiger charge is -2.30. The first kappa shape index (κ1) is 27.0. The summed E-state index contributed by atoms with van der Waals surface area (Å²) >= 11 is 0. The number of hydrogen-bond donors (Lipinski definition) is 3. The maximum Gasteiger partial charge on any atom is 0.177 e. The number of hydrogen-bond acceptors (Lipinski definition) is 11. The molecule has 2 aromatic heterocycles. The van der Waals surface area contributed by atoms with Crippen molar-refractivity contribution in [3.63, 3.8) is 0 Å². The molecule has 1 unspecified atom stereocenters. The summed E-state index contributed by atoms with van der Waals surface area (Å²) in [6.07, 6.45) is 3.25. The molecule has 0 bridgehead atoms. The van der Waals surface area contributed by atoms with E-state index < -0.39 is 4.81 Å². The van der Waals surface area contributed by atoms with E-state index in [1.807, 2.05) is 0 Å². The minimum atomic E-state index is -1.75. The number of nitrogens with two attached hydrogens (primary N) is 2. The first-order valence-corrected chi connectivity index (χ1v) is 11.7. The van der Waals surface area contributed by atoms with E-state index in [4.69, 9.17) is 40.4 Å². The smallest absolute Gasteiger partial charge is 0.177 e. The van der Waals surface area contributed by atoms with Crippen LogP contribution in [0.5, 0.6) is 11.5 Å². The van der Waals surface area contributed by atoms with Gasteiger partial charge in [0.25, 0.3) is 0 Å². The number of ether oxygens (including phenoxy) is 4. The van der Waals surface area contributed by atoms with E-state index >= 15 is 0 Å². The number of aromatic nitrogens is 3. The number of nitrogens with zero attached hydrogens (tertiary/aromatic N) is 4. The minimum Gasteiger partial charge on any atom is -0.593 e. The second-order valence-electron chi connectivity index (χ2n) is 8.48. The first-order valence-electron chi connectivity index (χ1n) is 11.7. The number of quaternary nitrogens is 1. The molecule has 0 aliphatic heterocycles. The Morgan fingerprint density at radius 3 is 2.24 bits per heavy atom. The molecule has 4 aromatic rings. The Bertz CT molecular complexity index is 1410. The number of methoxy groups -OCH3 is 2. The van der Waals surface area contributed by atoms with Crippen LogP contribution in [0.25, 0.3) is 33.5 Å². The van der Waals surface area contributed by atoms with Crippen molar-refractivity contribution in [2.75, 3.05) is 59.2 Å². The fourth-order valence-corrected chi connectivity index (χ4v) is 3.87. The number of fused-ring (bicyclic) bond motifs is 1. The lowest BCUT2D eigenvalue weighted by atomic mass is 10.00. The van der Waals surface area contributed by atoms with Crippen molar-refractivity contribution in [2.24, 2.45) is 0 Å². The Balaban J connectivity index is 2.04. The van der Waals surface area contributed by atoms with Gasteiger partial charge in [0.15, 0.2) is 23.0 Å². The van der Waals surface area contributed by atoms with Crippen LogP contribution < -0.4 is 25.8 Å². The average molecular weight is 523 g/mol. The molecule has 1 atom stereocenters. The molecule has 5 N–H and O–H groups in total. The van der Waals surface area contributed by atoms with E-state index in [9.17, 15) is 10.4 Å². The Kier molecular flexibility index (Phi) is 8.20. The second kappa shape index (κ2) is 11.5. The van der Waals surface area contributed by atoms with Gasteiger partial charge >= 0.3 is 0 Å².